The molecule has 0 amide bonds. The molecule has 8 nitrogen and oxygen atoms in total. The molecule has 0 N–H and O–H groups in total. The van der Waals surface area contributed by atoms with Crippen LogP contribution < -0.4 is 9.64 Å². The van der Waals surface area contributed by atoms with Gasteiger partial charge in [-0.15, -0.1) is 0 Å². The highest BCUT2D eigenvalue weighted by Gasteiger charge is 2.44. The maximum absolute atomic E-state index is 13.4. The number of fused-ring (bicyclic) bond motifs is 1. The lowest BCUT2D eigenvalue weighted by Crippen LogP contribution is -2.56. The molecule has 0 radical (unpaired) electrons. The number of ether oxygens (including phenoxy) is 1. The van der Waals surface area contributed by atoms with Gasteiger partial charge >= 0.3 is 0 Å². The molecule has 0 aliphatic carbocycles. The lowest BCUT2D eigenvalue weighted by Gasteiger charge is -2.41. The van der Waals surface area contributed by atoms with Crippen molar-refractivity contribution in [2.75, 3.05) is 25.1 Å². The van der Waals surface area contributed by atoms with Crippen molar-refractivity contribution in [2.45, 2.75) is 16.6 Å². The van der Waals surface area contributed by atoms with Crippen molar-refractivity contribution in [1.82, 2.24) is 10.1 Å². The first kappa shape index (κ1) is 22.7. The SMILES string of the molecule is COc1cc(N2CC(F)(F)C2)c(C#N)cc1-c1nccc2cc(S(=O)(=O)Cc3ccon3)ccc12. The van der Waals surface area contributed by atoms with Crippen LogP contribution in [0, 0.1) is 11.3 Å². The highest BCUT2D eigenvalue weighted by atomic mass is 32.2. The second-order valence-electron chi connectivity index (χ2n) is 8.19. The first-order valence-corrected chi connectivity index (χ1v) is 12.1. The monoisotopic (exact) mass is 496 g/mol. The number of alkyl halides is 2. The van der Waals surface area contributed by atoms with Crippen molar-refractivity contribution < 1.29 is 26.5 Å². The van der Waals surface area contributed by atoms with Crippen LogP contribution in [0.5, 0.6) is 5.75 Å². The topological polar surface area (TPSA) is 109 Å². The van der Waals surface area contributed by atoms with Crippen LogP contribution in [0.4, 0.5) is 14.5 Å². The minimum atomic E-state index is -3.67. The molecule has 1 saturated heterocycles. The predicted molar refractivity (Wildman–Crippen MR) is 123 cm³/mol. The van der Waals surface area contributed by atoms with Gasteiger partial charge in [0.05, 0.1) is 47.7 Å². The summed E-state index contributed by atoms with van der Waals surface area (Å²) in [6.07, 6.45) is 2.84. The number of nitrogens with zero attached hydrogens (tertiary/aromatic N) is 4. The largest absolute Gasteiger partial charge is 0.496 e. The molecule has 5 rings (SSSR count). The quantitative estimate of drug-likeness (QED) is 0.391. The first-order chi connectivity index (χ1) is 16.7. The van der Waals surface area contributed by atoms with E-state index in [4.69, 9.17) is 9.26 Å². The van der Waals surface area contributed by atoms with Gasteiger partial charge in [-0.1, -0.05) is 11.2 Å². The van der Waals surface area contributed by atoms with Crippen molar-refractivity contribution >= 4 is 26.3 Å². The number of aromatic nitrogens is 2. The van der Waals surface area contributed by atoms with Crippen molar-refractivity contribution in [2.24, 2.45) is 0 Å². The molecule has 11 heteroatoms. The van der Waals surface area contributed by atoms with Gasteiger partial charge in [0.25, 0.3) is 5.92 Å². The van der Waals surface area contributed by atoms with Crippen LogP contribution in [0.25, 0.3) is 22.0 Å². The Morgan fingerprint density at radius 1 is 1.20 bits per heavy atom. The summed E-state index contributed by atoms with van der Waals surface area (Å²) in [7, 11) is -2.23. The fourth-order valence-electron chi connectivity index (χ4n) is 4.11. The van der Waals surface area contributed by atoms with Crippen molar-refractivity contribution in [3.05, 3.63) is 66.2 Å². The van der Waals surface area contributed by atoms with Gasteiger partial charge in [0, 0.05) is 29.3 Å². The smallest absolute Gasteiger partial charge is 0.282 e. The van der Waals surface area contributed by atoms with E-state index in [1.54, 1.807) is 30.3 Å². The maximum Gasteiger partial charge on any atom is 0.282 e. The van der Waals surface area contributed by atoms with Crippen LogP contribution >= 0.6 is 0 Å². The number of hydrogen-bond acceptors (Lipinski definition) is 8. The molecule has 0 saturated carbocycles. The lowest BCUT2D eigenvalue weighted by atomic mass is 9.98. The molecular formula is C24H18F2N4O4S. The lowest BCUT2D eigenvalue weighted by molar-refractivity contribution is -0.0263. The molecule has 178 valence electrons. The zero-order valence-corrected chi connectivity index (χ0v) is 19.2. The summed E-state index contributed by atoms with van der Waals surface area (Å²) in [6.45, 7) is -0.940. The van der Waals surface area contributed by atoms with E-state index < -0.39 is 28.8 Å². The number of methoxy groups -OCH3 is 1. The molecule has 2 aromatic heterocycles. The highest BCUT2D eigenvalue weighted by molar-refractivity contribution is 7.90. The van der Waals surface area contributed by atoms with E-state index in [0.29, 0.717) is 39.2 Å². The molecule has 35 heavy (non-hydrogen) atoms. The van der Waals surface area contributed by atoms with Gasteiger partial charge in [0.2, 0.25) is 0 Å². The minimum absolute atomic E-state index is 0.115. The molecule has 3 heterocycles. The first-order valence-electron chi connectivity index (χ1n) is 10.5. The van der Waals surface area contributed by atoms with Gasteiger partial charge in [-0.3, -0.25) is 4.98 Å². The van der Waals surface area contributed by atoms with Crippen LogP contribution in [0.15, 0.2) is 64.3 Å². The average molecular weight is 496 g/mol. The number of sulfone groups is 1. The number of nitriles is 1. The Balaban J connectivity index is 1.58. The van der Waals surface area contributed by atoms with Crippen molar-refractivity contribution in [3.63, 3.8) is 0 Å². The minimum Gasteiger partial charge on any atom is -0.496 e. The van der Waals surface area contributed by atoms with Gasteiger partial charge in [-0.05, 0) is 29.7 Å². The zero-order chi connectivity index (χ0) is 24.8. The Kier molecular flexibility index (Phi) is 5.40. The summed E-state index contributed by atoms with van der Waals surface area (Å²) < 4.78 is 62.8. The molecule has 2 aromatic carbocycles. The second-order valence-corrected chi connectivity index (χ2v) is 10.2. The van der Waals surface area contributed by atoms with Crippen LogP contribution in [0.3, 0.4) is 0 Å². The molecule has 0 bridgehead atoms. The number of hydrogen-bond donors (Lipinski definition) is 0. The van der Waals surface area contributed by atoms with E-state index in [1.165, 1.54) is 36.6 Å². The Labute approximate surface area is 199 Å². The van der Waals surface area contributed by atoms with Gasteiger partial charge in [0.15, 0.2) is 9.84 Å². The van der Waals surface area contributed by atoms with Crippen LogP contribution in [-0.4, -0.2) is 44.7 Å². The van der Waals surface area contributed by atoms with E-state index in [1.807, 2.05) is 0 Å². The fourth-order valence-corrected chi connectivity index (χ4v) is 5.40. The molecule has 0 atom stereocenters. The number of benzene rings is 2. The number of pyridine rings is 1. The van der Waals surface area contributed by atoms with Crippen LogP contribution in [0.1, 0.15) is 11.3 Å². The molecular weight excluding hydrogens is 478 g/mol. The van der Waals surface area contributed by atoms with E-state index >= 15 is 0 Å². The molecule has 1 aliphatic rings. The summed E-state index contributed by atoms with van der Waals surface area (Å²) >= 11 is 0. The second kappa shape index (κ2) is 8.32. The van der Waals surface area contributed by atoms with Crippen LogP contribution in [0.2, 0.25) is 0 Å². The third-order valence-electron chi connectivity index (χ3n) is 5.80. The van der Waals surface area contributed by atoms with Crippen molar-refractivity contribution in [3.8, 4) is 23.1 Å². The van der Waals surface area contributed by atoms with Crippen molar-refractivity contribution in [1.29, 1.82) is 5.26 Å². The third kappa shape index (κ3) is 4.17. The molecule has 1 fully saturated rings. The molecule has 0 spiro atoms. The van der Waals surface area contributed by atoms with E-state index in [2.05, 4.69) is 16.2 Å². The van der Waals surface area contributed by atoms with E-state index in [-0.39, 0.29) is 16.2 Å². The third-order valence-corrected chi connectivity index (χ3v) is 7.45. The maximum atomic E-state index is 13.4. The van der Waals surface area contributed by atoms with Gasteiger partial charge in [0.1, 0.15) is 23.8 Å². The summed E-state index contributed by atoms with van der Waals surface area (Å²) in [6, 6.07) is 13.0. The summed E-state index contributed by atoms with van der Waals surface area (Å²) in [4.78, 5) is 5.99. The normalized spacial score (nSPS) is 15.0. The van der Waals surface area contributed by atoms with Gasteiger partial charge in [-0.25, -0.2) is 17.2 Å². The molecule has 1 aliphatic heterocycles. The van der Waals surface area contributed by atoms with E-state index in [0.717, 1.165) is 0 Å². The zero-order valence-electron chi connectivity index (χ0n) is 18.4. The fraction of sp³-hybridized carbons (Fsp3) is 0.208. The Morgan fingerprint density at radius 2 is 2.00 bits per heavy atom. The summed E-state index contributed by atoms with van der Waals surface area (Å²) in [5.74, 6) is -2.73. The Bertz CT molecular complexity index is 1570. The molecule has 0 unspecified atom stereocenters. The van der Waals surface area contributed by atoms with Gasteiger partial charge < -0.3 is 14.2 Å². The van der Waals surface area contributed by atoms with Crippen LogP contribution in [-0.2, 0) is 15.6 Å². The summed E-state index contributed by atoms with van der Waals surface area (Å²) in [5.41, 5.74) is 1.83. The number of halogens is 2. The average Bonchev–Trinajstić information content (AvgIpc) is 3.33. The number of rotatable bonds is 6. The Hall–Kier alpha value is -4.04. The van der Waals surface area contributed by atoms with Gasteiger partial charge in [-0.2, -0.15) is 5.26 Å². The van der Waals surface area contributed by atoms with E-state index in [9.17, 15) is 22.5 Å². The molecule has 4 aromatic rings. The number of anilines is 1. The summed E-state index contributed by atoms with van der Waals surface area (Å²) in [5, 5.41) is 14.6. The standard InChI is InChI=1S/C24H18F2N4O4S/c1-33-22-10-21(30-13-24(25,26)14-30)16(11-27)9-20(22)23-19-3-2-18(8-15(19)4-6-28-23)35(31,32)12-17-5-7-34-29-17/h2-10H,12-14H2,1H3. The highest BCUT2D eigenvalue weighted by Crippen LogP contribution is 2.41. The predicted octanol–water partition coefficient (Wildman–Crippen LogP) is 4.20. The Morgan fingerprint density at radius 3 is 2.66 bits per heavy atom.